The van der Waals surface area contributed by atoms with E-state index >= 15 is 0 Å². The number of hydrogen-bond donors (Lipinski definition) is 2. The molecule has 0 saturated carbocycles. The van der Waals surface area contributed by atoms with Gasteiger partial charge in [0.1, 0.15) is 16.4 Å². The lowest BCUT2D eigenvalue weighted by Gasteiger charge is -2.26. The number of ether oxygens (including phenoxy) is 1. The van der Waals surface area contributed by atoms with E-state index in [9.17, 15) is 13.5 Å². The summed E-state index contributed by atoms with van der Waals surface area (Å²) >= 11 is 0. The molecule has 110 valence electrons. The molecule has 5 nitrogen and oxygen atoms in total. The van der Waals surface area contributed by atoms with Crippen molar-refractivity contribution in [3.8, 4) is 11.5 Å². The fourth-order valence-corrected chi connectivity index (χ4v) is 3.75. The summed E-state index contributed by atoms with van der Waals surface area (Å²) in [5.41, 5.74) is 0.808. The third-order valence-electron chi connectivity index (χ3n) is 3.41. The van der Waals surface area contributed by atoms with Crippen LogP contribution in [-0.2, 0) is 10.0 Å². The number of hydrogen-bond acceptors (Lipinski definition) is 4. The molecule has 2 N–H and O–H groups in total. The molecule has 2 aromatic rings. The van der Waals surface area contributed by atoms with E-state index in [0.29, 0.717) is 18.8 Å². The molecule has 1 aliphatic heterocycles. The summed E-state index contributed by atoms with van der Waals surface area (Å²) in [7, 11) is -3.79. The van der Waals surface area contributed by atoms with E-state index in [1.807, 2.05) is 24.3 Å². The zero-order valence-electron chi connectivity index (χ0n) is 11.2. The van der Waals surface area contributed by atoms with Gasteiger partial charge < -0.3 is 9.84 Å². The second kappa shape index (κ2) is 5.38. The second-order valence-corrected chi connectivity index (χ2v) is 6.50. The average molecular weight is 305 g/mol. The lowest BCUT2D eigenvalue weighted by Crippen LogP contribution is -2.32. The molecule has 0 spiro atoms. The van der Waals surface area contributed by atoms with E-state index in [-0.39, 0.29) is 16.7 Å². The minimum absolute atomic E-state index is 0.117. The van der Waals surface area contributed by atoms with Gasteiger partial charge in [0.15, 0.2) is 0 Å². The van der Waals surface area contributed by atoms with E-state index in [1.54, 1.807) is 12.1 Å². The van der Waals surface area contributed by atoms with Gasteiger partial charge in [-0.15, -0.1) is 0 Å². The fourth-order valence-electron chi connectivity index (χ4n) is 2.40. The first-order chi connectivity index (χ1) is 10.1. The molecule has 3 rings (SSSR count). The van der Waals surface area contributed by atoms with Gasteiger partial charge in [0.25, 0.3) is 0 Å². The maximum absolute atomic E-state index is 12.4. The highest BCUT2D eigenvalue weighted by Gasteiger charge is 2.27. The first-order valence-electron chi connectivity index (χ1n) is 6.60. The van der Waals surface area contributed by atoms with Crippen LogP contribution >= 0.6 is 0 Å². The Balaban J connectivity index is 1.93. The molecule has 0 aromatic heterocycles. The number of nitrogens with one attached hydrogen (secondary N) is 1. The quantitative estimate of drug-likeness (QED) is 0.911. The predicted octanol–water partition coefficient (Wildman–Crippen LogP) is 2.19. The lowest BCUT2D eigenvalue weighted by atomic mass is 10.0. The Labute approximate surface area is 123 Å². The molecule has 1 aliphatic rings. The molecule has 1 heterocycles. The number of fused-ring (bicyclic) bond motifs is 1. The number of rotatable bonds is 3. The minimum atomic E-state index is -3.79. The number of para-hydroxylation sites is 2. The molecule has 6 heteroatoms. The maximum atomic E-state index is 12.4. The summed E-state index contributed by atoms with van der Waals surface area (Å²) < 4.78 is 33.0. The molecular weight excluding hydrogens is 290 g/mol. The standard InChI is InChI=1S/C15H15NO4S/c17-13-6-2-4-8-15(13)21(18,19)16-12-9-10-20-14-7-3-1-5-11(12)14/h1-8,12,16-17H,9-10H2. The van der Waals surface area contributed by atoms with E-state index in [4.69, 9.17) is 4.74 Å². The molecule has 0 fully saturated rings. The van der Waals surface area contributed by atoms with Crippen LogP contribution in [0.2, 0.25) is 0 Å². The normalized spacial score (nSPS) is 17.8. The molecule has 0 bridgehead atoms. The molecular formula is C15H15NO4S. The Morgan fingerprint density at radius 3 is 2.62 bits per heavy atom. The lowest BCUT2D eigenvalue weighted by molar-refractivity contribution is 0.263. The van der Waals surface area contributed by atoms with Gasteiger partial charge in [-0.25, -0.2) is 13.1 Å². The third kappa shape index (κ3) is 2.72. The predicted molar refractivity (Wildman–Crippen MR) is 77.7 cm³/mol. The zero-order valence-corrected chi connectivity index (χ0v) is 12.0. The number of aromatic hydroxyl groups is 1. The van der Waals surface area contributed by atoms with Crippen molar-refractivity contribution >= 4 is 10.0 Å². The Bertz CT molecular complexity index is 758. The number of phenols is 1. The van der Waals surface area contributed by atoms with E-state index in [0.717, 1.165) is 5.56 Å². The molecule has 0 aliphatic carbocycles. The highest BCUT2D eigenvalue weighted by Crippen LogP contribution is 2.33. The summed E-state index contributed by atoms with van der Waals surface area (Å²) in [4.78, 5) is -0.117. The Hall–Kier alpha value is -2.05. The van der Waals surface area contributed by atoms with Crippen LogP contribution in [-0.4, -0.2) is 20.1 Å². The molecule has 1 unspecified atom stereocenters. The topological polar surface area (TPSA) is 75.6 Å². The van der Waals surface area contributed by atoms with Crippen LogP contribution in [0.4, 0.5) is 0 Å². The number of benzene rings is 2. The van der Waals surface area contributed by atoms with Crippen molar-refractivity contribution < 1.29 is 18.3 Å². The summed E-state index contributed by atoms with van der Waals surface area (Å²) in [6.07, 6.45) is 0.545. The van der Waals surface area contributed by atoms with Crippen molar-refractivity contribution in [1.82, 2.24) is 4.72 Å². The van der Waals surface area contributed by atoms with Gasteiger partial charge in [0, 0.05) is 12.0 Å². The average Bonchev–Trinajstić information content (AvgIpc) is 2.47. The first-order valence-corrected chi connectivity index (χ1v) is 8.08. The largest absolute Gasteiger partial charge is 0.507 e. The summed E-state index contributed by atoms with van der Waals surface area (Å²) in [5.74, 6) is 0.430. The van der Waals surface area contributed by atoms with Crippen molar-refractivity contribution in [2.45, 2.75) is 17.4 Å². The molecule has 0 amide bonds. The molecule has 2 aromatic carbocycles. The second-order valence-electron chi connectivity index (χ2n) is 4.82. The SMILES string of the molecule is O=S(=O)(NC1CCOc2ccccc21)c1ccccc1O. The van der Waals surface area contributed by atoms with Gasteiger partial charge in [0.05, 0.1) is 12.6 Å². The van der Waals surface area contributed by atoms with E-state index < -0.39 is 10.0 Å². The highest BCUT2D eigenvalue weighted by atomic mass is 32.2. The monoisotopic (exact) mass is 305 g/mol. The van der Waals surface area contributed by atoms with Crippen LogP contribution < -0.4 is 9.46 Å². The summed E-state index contributed by atoms with van der Waals surface area (Å²) in [6.45, 7) is 0.449. The van der Waals surface area contributed by atoms with Gasteiger partial charge in [-0.3, -0.25) is 0 Å². The van der Waals surface area contributed by atoms with E-state index in [1.165, 1.54) is 12.1 Å². The Morgan fingerprint density at radius 1 is 1.10 bits per heavy atom. The van der Waals surface area contributed by atoms with Gasteiger partial charge in [-0.05, 0) is 18.2 Å². The molecule has 1 atom stereocenters. The van der Waals surface area contributed by atoms with Crippen molar-refractivity contribution in [1.29, 1.82) is 0 Å². The third-order valence-corrected chi connectivity index (χ3v) is 4.93. The minimum Gasteiger partial charge on any atom is -0.507 e. The Kier molecular flexibility index (Phi) is 3.57. The van der Waals surface area contributed by atoms with E-state index in [2.05, 4.69) is 4.72 Å². The fraction of sp³-hybridized carbons (Fsp3) is 0.200. The van der Waals surface area contributed by atoms with Crippen LogP contribution in [0.3, 0.4) is 0 Å². The van der Waals surface area contributed by atoms with Gasteiger partial charge >= 0.3 is 0 Å². The smallest absolute Gasteiger partial charge is 0.244 e. The summed E-state index contributed by atoms with van der Waals surface area (Å²) in [6, 6.07) is 12.9. The highest BCUT2D eigenvalue weighted by molar-refractivity contribution is 7.89. The van der Waals surface area contributed by atoms with Crippen LogP contribution in [0.1, 0.15) is 18.0 Å². The molecule has 0 radical (unpaired) electrons. The van der Waals surface area contributed by atoms with Crippen molar-refractivity contribution in [3.05, 3.63) is 54.1 Å². The zero-order chi connectivity index (χ0) is 14.9. The van der Waals surface area contributed by atoms with Crippen LogP contribution in [0.15, 0.2) is 53.4 Å². The van der Waals surface area contributed by atoms with Crippen LogP contribution in [0.5, 0.6) is 11.5 Å². The number of sulfonamides is 1. The van der Waals surface area contributed by atoms with Gasteiger partial charge in [-0.2, -0.15) is 0 Å². The Morgan fingerprint density at radius 2 is 1.81 bits per heavy atom. The van der Waals surface area contributed by atoms with Crippen LogP contribution in [0.25, 0.3) is 0 Å². The van der Waals surface area contributed by atoms with Crippen molar-refractivity contribution in [3.63, 3.8) is 0 Å². The maximum Gasteiger partial charge on any atom is 0.244 e. The van der Waals surface area contributed by atoms with Crippen molar-refractivity contribution in [2.24, 2.45) is 0 Å². The first kappa shape index (κ1) is 13.9. The number of phenolic OH excluding ortho intramolecular Hbond substituents is 1. The summed E-state index contributed by atoms with van der Waals surface area (Å²) in [5, 5.41) is 9.73. The molecule has 21 heavy (non-hydrogen) atoms. The van der Waals surface area contributed by atoms with Crippen LogP contribution in [0, 0.1) is 0 Å². The van der Waals surface area contributed by atoms with Gasteiger partial charge in [0.2, 0.25) is 10.0 Å². The van der Waals surface area contributed by atoms with Crippen molar-refractivity contribution in [2.75, 3.05) is 6.61 Å². The molecule has 0 saturated heterocycles. The van der Waals surface area contributed by atoms with Gasteiger partial charge in [-0.1, -0.05) is 30.3 Å².